The highest BCUT2D eigenvalue weighted by molar-refractivity contribution is 5.70. The van der Waals surface area contributed by atoms with Gasteiger partial charge in [0.15, 0.2) is 0 Å². The van der Waals surface area contributed by atoms with Crippen LogP contribution in [-0.2, 0) is 4.74 Å². The number of ether oxygens (including phenoxy) is 1. The number of aromatic nitrogens is 1. The van der Waals surface area contributed by atoms with Crippen molar-refractivity contribution in [2.45, 2.75) is 38.3 Å². The molecule has 3 heterocycles. The first-order valence-electron chi connectivity index (χ1n) is 7.36. The van der Waals surface area contributed by atoms with E-state index in [2.05, 4.69) is 22.9 Å². The standard InChI is InChI=1S/C17H18N2O2/c1-2-21-17(20)19-15-8-9-16(19)12-13(11-15)6-7-14-5-3-4-10-18-14/h3-5,10-11,15-16H,2,8-9,12H2,1H3. The Bertz CT molecular complexity index is 613. The molecule has 2 atom stereocenters. The molecule has 0 saturated carbocycles. The van der Waals surface area contributed by atoms with E-state index in [4.69, 9.17) is 4.74 Å². The fourth-order valence-corrected chi connectivity index (χ4v) is 2.99. The van der Waals surface area contributed by atoms with Crippen LogP contribution in [-0.4, -0.2) is 34.7 Å². The Morgan fingerprint density at radius 3 is 3.05 bits per heavy atom. The van der Waals surface area contributed by atoms with Crippen molar-refractivity contribution in [1.82, 2.24) is 9.88 Å². The van der Waals surface area contributed by atoms with E-state index >= 15 is 0 Å². The number of nitrogens with zero attached hydrogens (tertiary/aromatic N) is 2. The van der Waals surface area contributed by atoms with Gasteiger partial charge in [-0.05, 0) is 37.8 Å². The van der Waals surface area contributed by atoms with Crippen molar-refractivity contribution >= 4 is 6.09 Å². The van der Waals surface area contributed by atoms with E-state index in [0.717, 1.165) is 30.5 Å². The Balaban J connectivity index is 1.75. The molecule has 0 spiro atoms. The van der Waals surface area contributed by atoms with Crippen LogP contribution in [0.3, 0.4) is 0 Å². The van der Waals surface area contributed by atoms with Gasteiger partial charge in [0.05, 0.1) is 12.6 Å². The Hall–Kier alpha value is -2.28. The first-order chi connectivity index (χ1) is 10.3. The Morgan fingerprint density at radius 1 is 1.43 bits per heavy atom. The average molecular weight is 282 g/mol. The maximum Gasteiger partial charge on any atom is 0.410 e. The number of fused-ring (bicyclic) bond motifs is 2. The summed E-state index contributed by atoms with van der Waals surface area (Å²) >= 11 is 0. The summed E-state index contributed by atoms with van der Waals surface area (Å²) in [6.07, 6.45) is 6.49. The molecule has 2 aliphatic heterocycles. The van der Waals surface area contributed by atoms with Crippen molar-refractivity contribution in [3.63, 3.8) is 0 Å². The minimum atomic E-state index is -0.196. The van der Waals surface area contributed by atoms with E-state index < -0.39 is 0 Å². The van der Waals surface area contributed by atoms with Crippen LogP contribution in [0.5, 0.6) is 0 Å². The van der Waals surface area contributed by atoms with Gasteiger partial charge in [0.1, 0.15) is 5.69 Å². The molecule has 2 bridgehead atoms. The number of pyridine rings is 1. The second-order valence-electron chi connectivity index (χ2n) is 5.27. The zero-order valence-electron chi connectivity index (χ0n) is 12.1. The molecule has 108 valence electrons. The van der Waals surface area contributed by atoms with Crippen molar-refractivity contribution in [2.75, 3.05) is 6.61 Å². The number of amides is 1. The van der Waals surface area contributed by atoms with Crippen LogP contribution < -0.4 is 0 Å². The molecule has 0 aromatic carbocycles. The predicted molar refractivity (Wildman–Crippen MR) is 79.5 cm³/mol. The molecule has 3 rings (SSSR count). The third-order valence-electron chi connectivity index (χ3n) is 3.89. The summed E-state index contributed by atoms with van der Waals surface area (Å²) in [6, 6.07) is 6.07. The van der Waals surface area contributed by atoms with Gasteiger partial charge in [-0.25, -0.2) is 9.78 Å². The van der Waals surface area contributed by atoms with Crippen LogP contribution in [0.15, 0.2) is 36.0 Å². The molecule has 0 N–H and O–H groups in total. The second-order valence-corrected chi connectivity index (χ2v) is 5.27. The third kappa shape index (κ3) is 2.92. The molecule has 0 aliphatic carbocycles. The van der Waals surface area contributed by atoms with Gasteiger partial charge in [-0.2, -0.15) is 0 Å². The minimum absolute atomic E-state index is 0.135. The van der Waals surface area contributed by atoms with Gasteiger partial charge < -0.3 is 4.74 Å². The molecule has 1 amide bonds. The summed E-state index contributed by atoms with van der Waals surface area (Å²) in [7, 11) is 0. The first kappa shape index (κ1) is 13.7. The number of carbonyl (C=O) groups is 1. The molecule has 2 unspecified atom stereocenters. The second kappa shape index (κ2) is 6.01. The summed E-state index contributed by atoms with van der Waals surface area (Å²) in [6.45, 7) is 2.26. The fraction of sp³-hybridized carbons (Fsp3) is 0.412. The smallest absolute Gasteiger partial charge is 0.410 e. The molecule has 21 heavy (non-hydrogen) atoms. The predicted octanol–water partition coefficient (Wildman–Crippen LogP) is 2.75. The van der Waals surface area contributed by atoms with Crippen LogP contribution in [0.4, 0.5) is 4.79 Å². The van der Waals surface area contributed by atoms with Crippen molar-refractivity contribution in [2.24, 2.45) is 0 Å². The lowest BCUT2D eigenvalue weighted by molar-refractivity contribution is 0.0920. The van der Waals surface area contributed by atoms with Gasteiger partial charge in [0, 0.05) is 24.2 Å². The lowest BCUT2D eigenvalue weighted by atomic mass is 10.0. The van der Waals surface area contributed by atoms with Crippen LogP contribution in [0.25, 0.3) is 0 Å². The van der Waals surface area contributed by atoms with Gasteiger partial charge in [-0.3, -0.25) is 4.90 Å². The zero-order valence-corrected chi connectivity index (χ0v) is 12.1. The van der Waals surface area contributed by atoms with Crippen molar-refractivity contribution in [3.8, 4) is 11.8 Å². The molecule has 0 radical (unpaired) electrons. The molecule has 1 aromatic rings. The maximum atomic E-state index is 12.0. The van der Waals surface area contributed by atoms with Crippen molar-refractivity contribution in [3.05, 3.63) is 41.7 Å². The van der Waals surface area contributed by atoms with Crippen LogP contribution >= 0.6 is 0 Å². The number of carbonyl (C=O) groups excluding carboxylic acids is 1. The highest BCUT2D eigenvalue weighted by atomic mass is 16.6. The monoisotopic (exact) mass is 282 g/mol. The molecule has 1 saturated heterocycles. The Morgan fingerprint density at radius 2 is 2.33 bits per heavy atom. The van der Waals surface area contributed by atoms with Gasteiger partial charge in [0.2, 0.25) is 0 Å². The van der Waals surface area contributed by atoms with Gasteiger partial charge in [-0.15, -0.1) is 0 Å². The highest BCUT2D eigenvalue weighted by Crippen LogP contribution is 2.35. The molecule has 2 aliphatic rings. The minimum Gasteiger partial charge on any atom is -0.450 e. The van der Waals surface area contributed by atoms with E-state index in [0.29, 0.717) is 6.61 Å². The highest BCUT2D eigenvalue weighted by Gasteiger charge is 2.40. The summed E-state index contributed by atoms with van der Waals surface area (Å²) in [5.41, 5.74) is 1.88. The van der Waals surface area contributed by atoms with E-state index in [1.54, 1.807) is 6.20 Å². The molecular weight excluding hydrogens is 264 g/mol. The zero-order chi connectivity index (χ0) is 14.7. The Kier molecular flexibility index (Phi) is 3.92. The lowest BCUT2D eigenvalue weighted by Gasteiger charge is -2.31. The average Bonchev–Trinajstić information content (AvgIpc) is 2.78. The van der Waals surface area contributed by atoms with Crippen molar-refractivity contribution in [1.29, 1.82) is 0 Å². The van der Waals surface area contributed by atoms with E-state index in [9.17, 15) is 4.79 Å². The van der Waals surface area contributed by atoms with Gasteiger partial charge in [-0.1, -0.05) is 18.1 Å². The van der Waals surface area contributed by atoms with Crippen LogP contribution in [0, 0.1) is 11.8 Å². The summed E-state index contributed by atoms with van der Waals surface area (Å²) < 4.78 is 5.14. The van der Waals surface area contributed by atoms with Crippen LogP contribution in [0.1, 0.15) is 31.9 Å². The number of rotatable bonds is 1. The lowest BCUT2D eigenvalue weighted by Crippen LogP contribution is -2.43. The molecule has 4 heteroatoms. The topological polar surface area (TPSA) is 42.4 Å². The summed E-state index contributed by atoms with van der Waals surface area (Å²) in [4.78, 5) is 18.0. The van der Waals surface area contributed by atoms with Crippen molar-refractivity contribution < 1.29 is 9.53 Å². The largest absolute Gasteiger partial charge is 0.450 e. The summed E-state index contributed by atoms with van der Waals surface area (Å²) in [5, 5.41) is 0. The molecule has 4 nitrogen and oxygen atoms in total. The summed E-state index contributed by atoms with van der Waals surface area (Å²) in [5.74, 6) is 6.29. The molecular formula is C17H18N2O2. The molecule has 1 fully saturated rings. The number of hydrogen-bond donors (Lipinski definition) is 0. The first-order valence-corrected chi connectivity index (χ1v) is 7.36. The fourth-order valence-electron chi connectivity index (χ4n) is 2.99. The number of hydrogen-bond acceptors (Lipinski definition) is 3. The Labute approximate surface area is 124 Å². The van der Waals surface area contributed by atoms with Gasteiger partial charge >= 0.3 is 6.09 Å². The molecule has 1 aromatic heterocycles. The van der Waals surface area contributed by atoms with Crippen LogP contribution in [0.2, 0.25) is 0 Å². The maximum absolute atomic E-state index is 12.0. The third-order valence-corrected chi connectivity index (χ3v) is 3.89. The van der Waals surface area contributed by atoms with E-state index in [1.807, 2.05) is 30.0 Å². The van der Waals surface area contributed by atoms with Gasteiger partial charge in [0.25, 0.3) is 0 Å². The quantitative estimate of drug-likeness (QED) is 0.744. The van der Waals surface area contributed by atoms with E-state index in [1.165, 1.54) is 0 Å². The van der Waals surface area contributed by atoms with E-state index in [-0.39, 0.29) is 18.2 Å². The SMILES string of the molecule is CCOC(=O)N1C2C=C(C#Cc3ccccn3)CC1CC2. The normalized spacial score (nSPS) is 23.1.